The molecule has 5 heteroatoms. The molecule has 19 heavy (non-hydrogen) atoms. The van der Waals surface area contributed by atoms with Crippen molar-refractivity contribution in [3.05, 3.63) is 42.0 Å². The molecule has 0 unspecified atom stereocenters. The second-order valence-corrected chi connectivity index (χ2v) is 4.99. The number of nitrogens with one attached hydrogen (secondary N) is 1. The molecule has 0 spiro atoms. The van der Waals surface area contributed by atoms with Crippen LogP contribution in [0.5, 0.6) is 0 Å². The van der Waals surface area contributed by atoms with Crippen molar-refractivity contribution in [3.63, 3.8) is 0 Å². The van der Waals surface area contributed by atoms with Crippen LogP contribution in [-0.2, 0) is 13.1 Å². The fourth-order valence-corrected chi connectivity index (χ4v) is 1.92. The zero-order chi connectivity index (χ0) is 13.1. The first-order chi connectivity index (χ1) is 9.31. The van der Waals surface area contributed by atoms with Crippen molar-refractivity contribution in [1.82, 2.24) is 15.3 Å². The quantitative estimate of drug-likeness (QED) is 0.858. The van der Waals surface area contributed by atoms with Gasteiger partial charge >= 0.3 is 0 Å². The molecular formula is C14H18N4O. The molecule has 0 radical (unpaired) electrons. The van der Waals surface area contributed by atoms with E-state index in [9.17, 15) is 0 Å². The molecule has 100 valence electrons. The molecule has 1 fully saturated rings. The van der Waals surface area contributed by atoms with Gasteiger partial charge < -0.3 is 14.6 Å². The van der Waals surface area contributed by atoms with Crippen LogP contribution in [0.25, 0.3) is 0 Å². The van der Waals surface area contributed by atoms with E-state index in [2.05, 4.69) is 15.3 Å². The zero-order valence-electron chi connectivity index (χ0n) is 11.0. The number of pyridine rings is 1. The van der Waals surface area contributed by atoms with Crippen molar-refractivity contribution >= 4 is 6.01 Å². The zero-order valence-corrected chi connectivity index (χ0v) is 11.0. The third kappa shape index (κ3) is 3.32. The summed E-state index contributed by atoms with van der Waals surface area (Å²) in [7, 11) is 1.98. The second kappa shape index (κ2) is 5.40. The van der Waals surface area contributed by atoms with Gasteiger partial charge in [-0.3, -0.25) is 4.98 Å². The lowest BCUT2D eigenvalue weighted by molar-refractivity contribution is 0.542. The van der Waals surface area contributed by atoms with E-state index in [-0.39, 0.29) is 0 Å². The summed E-state index contributed by atoms with van der Waals surface area (Å²) in [6, 6.07) is 5.34. The van der Waals surface area contributed by atoms with Crippen molar-refractivity contribution in [3.8, 4) is 0 Å². The highest BCUT2D eigenvalue weighted by Gasteiger charge is 2.20. The van der Waals surface area contributed by atoms with Crippen LogP contribution in [0, 0.1) is 0 Å². The summed E-state index contributed by atoms with van der Waals surface area (Å²) in [5, 5.41) is 3.43. The summed E-state index contributed by atoms with van der Waals surface area (Å²) in [6.07, 6.45) is 7.89. The highest BCUT2D eigenvalue weighted by Crippen LogP contribution is 2.20. The Morgan fingerprint density at radius 1 is 1.37 bits per heavy atom. The Morgan fingerprint density at radius 3 is 2.89 bits per heavy atom. The van der Waals surface area contributed by atoms with Gasteiger partial charge in [0.1, 0.15) is 6.26 Å². The molecule has 0 amide bonds. The van der Waals surface area contributed by atoms with E-state index < -0.39 is 0 Å². The normalized spacial score (nSPS) is 14.6. The van der Waals surface area contributed by atoms with Crippen molar-refractivity contribution in [1.29, 1.82) is 0 Å². The van der Waals surface area contributed by atoms with Gasteiger partial charge in [-0.15, -0.1) is 0 Å². The van der Waals surface area contributed by atoms with E-state index in [1.165, 1.54) is 18.4 Å². The highest BCUT2D eigenvalue weighted by molar-refractivity contribution is 5.28. The van der Waals surface area contributed by atoms with Crippen LogP contribution >= 0.6 is 0 Å². The molecule has 2 aromatic heterocycles. The average molecular weight is 258 g/mol. The standard InChI is InChI=1S/C14H18N4O/c1-18(9-11-4-6-15-7-5-11)14-17-13(10-19-14)8-16-12-2-3-12/h4-7,10,12,16H,2-3,8-9H2,1H3. The smallest absolute Gasteiger partial charge is 0.297 e. The van der Waals surface area contributed by atoms with Crippen molar-refractivity contribution < 1.29 is 4.42 Å². The number of aromatic nitrogens is 2. The van der Waals surface area contributed by atoms with Gasteiger partial charge in [-0.25, -0.2) is 0 Å². The monoisotopic (exact) mass is 258 g/mol. The Kier molecular flexibility index (Phi) is 3.46. The lowest BCUT2D eigenvalue weighted by atomic mass is 10.2. The first-order valence-electron chi connectivity index (χ1n) is 6.59. The molecule has 2 heterocycles. The minimum Gasteiger partial charge on any atom is -0.432 e. The van der Waals surface area contributed by atoms with E-state index in [0.717, 1.165) is 18.8 Å². The SMILES string of the molecule is CN(Cc1ccncc1)c1nc(CNC2CC2)co1. The molecule has 2 aromatic rings. The summed E-state index contributed by atoms with van der Waals surface area (Å²) < 4.78 is 5.51. The maximum absolute atomic E-state index is 5.51. The van der Waals surface area contributed by atoms with Crippen molar-refractivity contribution in [2.45, 2.75) is 32.0 Å². The van der Waals surface area contributed by atoms with E-state index in [1.807, 2.05) is 24.1 Å². The number of hydrogen-bond acceptors (Lipinski definition) is 5. The van der Waals surface area contributed by atoms with Gasteiger partial charge in [0.15, 0.2) is 0 Å². The maximum Gasteiger partial charge on any atom is 0.297 e. The van der Waals surface area contributed by atoms with Crippen LogP contribution in [0.1, 0.15) is 24.1 Å². The number of anilines is 1. The minimum absolute atomic E-state index is 0.657. The summed E-state index contributed by atoms with van der Waals surface area (Å²) in [5.41, 5.74) is 2.15. The highest BCUT2D eigenvalue weighted by atomic mass is 16.4. The first kappa shape index (κ1) is 12.2. The van der Waals surface area contributed by atoms with E-state index in [4.69, 9.17) is 4.42 Å². The summed E-state index contributed by atoms with van der Waals surface area (Å²) >= 11 is 0. The van der Waals surface area contributed by atoms with Gasteiger partial charge in [-0.2, -0.15) is 4.98 Å². The van der Waals surface area contributed by atoms with Gasteiger partial charge in [0, 0.05) is 38.6 Å². The number of rotatable bonds is 6. The van der Waals surface area contributed by atoms with Crippen LogP contribution in [-0.4, -0.2) is 23.1 Å². The molecule has 1 saturated carbocycles. The fourth-order valence-electron chi connectivity index (χ4n) is 1.92. The summed E-state index contributed by atoms with van der Waals surface area (Å²) in [5.74, 6) is 0. The Bertz CT molecular complexity index is 521. The van der Waals surface area contributed by atoms with Gasteiger partial charge in [-0.1, -0.05) is 0 Å². The molecule has 0 aromatic carbocycles. The Labute approximate surface area is 112 Å². The molecule has 3 rings (SSSR count). The lowest BCUT2D eigenvalue weighted by Crippen LogP contribution is -2.18. The third-order valence-corrected chi connectivity index (χ3v) is 3.18. The molecule has 1 aliphatic rings. The summed E-state index contributed by atoms with van der Waals surface area (Å²) in [6.45, 7) is 1.55. The largest absolute Gasteiger partial charge is 0.432 e. The van der Waals surface area contributed by atoms with Gasteiger partial charge in [0.05, 0.1) is 5.69 Å². The maximum atomic E-state index is 5.51. The van der Waals surface area contributed by atoms with Crippen LogP contribution in [0.4, 0.5) is 6.01 Å². The minimum atomic E-state index is 0.657. The predicted octanol–water partition coefficient (Wildman–Crippen LogP) is 1.96. The van der Waals surface area contributed by atoms with E-state index in [1.54, 1.807) is 18.7 Å². The topological polar surface area (TPSA) is 54.2 Å². The number of hydrogen-bond donors (Lipinski definition) is 1. The van der Waals surface area contributed by atoms with Gasteiger partial charge in [-0.05, 0) is 30.5 Å². The molecule has 0 atom stereocenters. The van der Waals surface area contributed by atoms with Crippen LogP contribution in [0.15, 0.2) is 35.2 Å². The Hall–Kier alpha value is -1.88. The number of oxazole rings is 1. The molecule has 0 saturated heterocycles. The fraction of sp³-hybridized carbons (Fsp3) is 0.429. The Balaban J connectivity index is 1.58. The van der Waals surface area contributed by atoms with Crippen molar-refractivity contribution in [2.75, 3.05) is 11.9 Å². The Morgan fingerprint density at radius 2 is 2.16 bits per heavy atom. The van der Waals surface area contributed by atoms with Gasteiger partial charge in [0.25, 0.3) is 6.01 Å². The summed E-state index contributed by atoms with van der Waals surface area (Å²) in [4.78, 5) is 10.5. The van der Waals surface area contributed by atoms with Crippen LogP contribution in [0.2, 0.25) is 0 Å². The van der Waals surface area contributed by atoms with Crippen LogP contribution in [0.3, 0.4) is 0 Å². The average Bonchev–Trinajstić information content (AvgIpc) is 3.14. The molecule has 5 nitrogen and oxygen atoms in total. The lowest BCUT2D eigenvalue weighted by Gasteiger charge is -2.13. The first-order valence-corrected chi connectivity index (χ1v) is 6.59. The van der Waals surface area contributed by atoms with E-state index >= 15 is 0 Å². The predicted molar refractivity (Wildman–Crippen MR) is 72.7 cm³/mol. The van der Waals surface area contributed by atoms with Crippen molar-refractivity contribution in [2.24, 2.45) is 0 Å². The van der Waals surface area contributed by atoms with Gasteiger partial charge in [0.2, 0.25) is 0 Å². The molecular weight excluding hydrogens is 240 g/mol. The molecule has 0 bridgehead atoms. The molecule has 0 aliphatic heterocycles. The van der Waals surface area contributed by atoms with Crippen LogP contribution < -0.4 is 10.2 Å². The number of nitrogens with zero attached hydrogens (tertiary/aromatic N) is 3. The molecule has 1 aliphatic carbocycles. The van der Waals surface area contributed by atoms with E-state index in [0.29, 0.717) is 12.1 Å². The molecule has 1 N–H and O–H groups in total. The second-order valence-electron chi connectivity index (χ2n) is 4.99. The third-order valence-electron chi connectivity index (χ3n) is 3.18.